The minimum atomic E-state index is 0.187. The summed E-state index contributed by atoms with van der Waals surface area (Å²) in [5.41, 5.74) is 3.28. The Labute approximate surface area is 146 Å². The number of piperazine rings is 1. The van der Waals surface area contributed by atoms with Crippen LogP contribution in [0.2, 0.25) is 0 Å². The molecule has 3 aromatic rings. The first-order valence-electron chi connectivity index (χ1n) is 8.57. The molecule has 128 valence electrons. The number of benzene rings is 1. The molecule has 3 heterocycles. The van der Waals surface area contributed by atoms with Crippen LogP contribution in [-0.4, -0.2) is 51.9 Å². The number of aryl methyl sites for hydroxylation is 1. The molecule has 6 heteroatoms. The lowest BCUT2D eigenvalue weighted by Crippen LogP contribution is -2.49. The molecule has 0 unspecified atom stereocenters. The third-order valence-electron chi connectivity index (χ3n) is 4.86. The predicted molar refractivity (Wildman–Crippen MR) is 97.6 cm³/mol. The molecule has 0 radical (unpaired) electrons. The van der Waals surface area contributed by atoms with Gasteiger partial charge >= 0.3 is 0 Å². The van der Waals surface area contributed by atoms with Crippen LogP contribution in [0.25, 0.3) is 10.9 Å². The number of aromatic nitrogens is 3. The summed E-state index contributed by atoms with van der Waals surface area (Å²) in [5.74, 6) is 1.06. The second-order valence-corrected chi connectivity index (χ2v) is 6.38. The first-order valence-corrected chi connectivity index (χ1v) is 8.57. The van der Waals surface area contributed by atoms with Crippen molar-refractivity contribution in [2.45, 2.75) is 13.3 Å². The van der Waals surface area contributed by atoms with Crippen molar-refractivity contribution in [2.24, 2.45) is 0 Å². The lowest BCUT2D eigenvalue weighted by Gasteiger charge is -2.35. The lowest BCUT2D eigenvalue weighted by atomic mass is 10.1. The van der Waals surface area contributed by atoms with Crippen LogP contribution in [0.5, 0.6) is 0 Å². The van der Waals surface area contributed by atoms with E-state index < -0.39 is 0 Å². The molecule has 25 heavy (non-hydrogen) atoms. The molecule has 4 rings (SSSR count). The number of carbonyl (C=O) groups is 1. The highest BCUT2D eigenvalue weighted by Crippen LogP contribution is 2.23. The van der Waals surface area contributed by atoms with Gasteiger partial charge in [0.15, 0.2) is 0 Å². The van der Waals surface area contributed by atoms with Crippen molar-refractivity contribution < 1.29 is 4.79 Å². The largest absolute Gasteiger partial charge is 0.358 e. The van der Waals surface area contributed by atoms with Gasteiger partial charge in [-0.05, 0) is 18.6 Å². The highest BCUT2D eigenvalue weighted by Gasteiger charge is 2.23. The Morgan fingerprint density at radius 1 is 1.16 bits per heavy atom. The quantitative estimate of drug-likeness (QED) is 0.797. The first kappa shape index (κ1) is 15.6. The van der Waals surface area contributed by atoms with Crippen molar-refractivity contribution in [3.05, 3.63) is 54.1 Å². The van der Waals surface area contributed by atoms with Crippen molar-refractivity contribution in [3.8, 4) is 0 Å². The third-order valence-corrected chi connectivity index (χ3v) is 4.86. The van der Waals surface area contributed by atoms with Gasteiger partial charge in [-0.2, -0.15) is 0 Å². The number of fused-ring (bicyclic) bond motifs is 1. The van der Waals surface area contributed by atoms with E-state index in [-0.39, 0.29) is 5.91 Å². The van der Waals surface area contributed by atoms with Gasteiger partial charge in [0.25, 0.3) is 0 Å². The molecular weight excluding hydrogens is 314 g/mol. The van der Waals surface area contributed by atoms with Crippen LogP contribution in [0.4, 0.5) is 5.82 Å². The molecule has 1 aromatic carbocycles. The van der Waals surface area contributed by atoms with Crippen LogP contribution in [0.3, 0.4) is 0 Å². The molecule has 1 saturated heterocycles. The van der Waals surface area contributed by atoms with Gasteiger partial charge in [-0.1, -0.05) is 18.2 Å². The van der Waals surface area contributed by atoms with E-state index in [0.717, 1.165) is 54.2 Å². The first-order chi connectivity index (χ1) is 12.2. The van der Waals surface area contributed by atoms with Crippen LogP contribution in [-0.2, 0) is 11.2 Å². The molecule has 0 saturated carbocycles. The number of anilines is 1. The fourth-order valence-electron chi connectivity index (χ4n) is 3.47. The maximum Gasteiger partial charge on any atom is 0.227 e. The second-order valence-electron chi connectivity index (χ2n) is 6.38. The maximum atomic E-state index is 12.8. The number of hydrogen-bond donors (Lipinski definition) is 1. The van der Waals surface area contributed by atoms with Crippen molar-refractivity contribution in [1.29, 1.82) is 0 Å². The molecule has 0 atom stereocenters. The minimum Gasteiger partial charge on any atom is -0.358 e. The van der Waals surface area contributed by atoms with Gasteiger partial charge in [0.1, 0.15) is 5.82 Å². The molecular formula is C19H21N5O. The van der Waals surface area contributed by atoms with E-state index in [1.807, 2.05) is 24.0 Å². The van der Waals surface area contributed by atoms with E-state index in [4.69, 9.17) is 0 Å². The Hall–Kier alpha value is -2.89. The smallest absolute Gasteiger partial charge is 0.227 e. The summed E-state index contributed by atoms with van der Waals surface area (Å²) >= 11 is 0. The zero-order valence-electron chi connectivity index (χ0n) is 14.3. The molecule has 1 aliphatic rings. The minimum absolute atomic E-state index is 0.187. The Morgan fingerprint density at radius 2 is 1.96 bits per heavy atom. The average molecular weight is 335 g/mol. The maximum absolute atomic E-state index is 12.8. The number of hydrogen-bond acceptors (Lipinski definition) is 4. The number of carbonyl (C=O) groups excluding carboxylic acids is 1. The van der Waals surface area contributed by atoms with E-state index in [1.165, 1.54) is 0 Å². The molecule has 0 bridgehead atoms. The summed E-state index contributed by atoms with van der Waals surface area (Å²) in [6.45, 7) is 5.05. The summed E-state index contributed by atoms with van der Waals surface area (Å²) in [4.78, 5) is 28.7. The van der Waals surface area contributed by atoms with Gasteiger partial charge in [-0.3, -0.25) is 9.78 Å². The number of aromatic amines is 1. The average Bonchev–Trinajstić information content (AvgIpc) is 2.98. The Kier molecular flexibility index (Phi) is 4.09. The van der Waals surface area contributed by atoms with Crippen molar-refractivity contribution >= 4 is 22.6 Å². The van der Waals surface area contributed by atoms with Crippen LogP contribution < -0.4 is 4.90 Å². The van der Waals surface area contributed by atoms with E-state index in [1.54, 1.807) is 18.6 Å². The topological polar surface area (TPSA) is 65.1 Å². The predicted octanol–water partition coefficient (Wildman–Crippen LogP) is 2.16. The van der Waals surface area contributed by atoms with Crippen molar-refractivity contribution in [3.63, 3.8) is 0 Å². The van der Waals surface area contributed by atoms with Crippen molar-refractivity contribution in [2.75, 3.05) is 31.1 Å². The molecule has 0 aliphatic carbocycles. The third kappa shape index (κ3) is 3.07. The van der Waals surface area contributed by atoms with Crippen molar-refractivity contribution in [1.82, 2.24) is 19.9 Å². The molecule has 1 amide bonds. The van der Waals surface area contributed by atoms with E-state index in [2.05, 4.69) is 32.0 Å². The number of nitrogens with one attached hydrogen (secondary N) is 1. The van der Waals surface area contributed by atoms with Gasteiger partial charge in [-0.25, -0.2) is 4.98 Å². The number of rotatable bonds is 3. The van der Waals surface area contributed by atoms with Gasteiger partial charge < -0.3 is 14.8 Å². The Morgan fingerprint density at radius 3 is 2.72 bits per heavy atom. The van der Waals surface area contributed by atoms with Crippen LogP contribution in [0.1, 0.15) is 11.3 Å². The van der Waals surface area contributed by atoms with Crippen LogP contribution in [0, 0.1) is 6.92 Å². The molecule has 2 aromatic heterocycles. The summed E-state index contributed by atoms with van der Waals surface area (Å²) < 4.78 is 0. The summed E-state index contributed by atoms with van der Waals surface area (Å²) in [6, 6.07) is 8.16. The van der Waals surface area contributed by atoms with Gasteiger partial charge in [0, 0.05) is 55.2 Å². The number of amides is 1. The van der Waals surface area contributed by atoms with Crippen LogP contribution >= 0.6 is 0 Å². The summed E-state index contributed by atoms with van der Waals surface area (Å²) in [5, 5.41) is 1.14. The fraction of sp³-hybridized carbons (Fsp3) is 0.316. The summed E-state index contributed by atoms with van der Waals surface area (Å²) in [6.07, 6.45) is 5.59. The van der Waals surface area contributed by atoms with Crippen LogP contribution in [0.15, 0.2) is 42.9 Å². The van der Waals surface area contributed by atoms with Gasteiger partial charge in [-0.15, -0.1) is 0 Å². The highest BCUT2D eigenvalue weighted by molar-refractivity contribution is 5.90. The highest BCUT2D eigenvalue weighted by atomic mass is 16.2. The molecule has 6 nitrogen and oxygen atoms in total. The van der Waals surface area contributed by atoms with Gasteiger partial charge in [0.05, 0.1) is 12.6 Å². The fourth-order valence-corrected chi connectivity index (χ4v) is 3.47. The molecule has 1 fully saturated rings. The normalized spacial score (nSPS) is 14.9. The number of para-hydroxylation sites is 1. The number of nitrogens with zero attached hydrogens (tertiary/aromatic N) is 4. The zero-order valence-corrected chi connectivity index (χ0v) is 14.3. The second kappa shape index (κ2) is 6.55. The summed E-state index contributed by atoms with van der Waals surface area (Å²) in [7, 11) is 0. The zero-order chi connectivity index (χ0) is 17.2. The van der Waals surface area contributed by atoms with Gasteiger partial charge in [0.2, 0.25) is 5.91 Å². The molecule has 1 N–H and O–H groups in total. The molecule has 0 spiro atoms. The van der Waals surface area contributed by atoms with E-state index >= 15 is 0 Å². The lowest BCUT2D eigenvalue weighted by molar-refractivity contribution is -0.130. The SMILES string of the molecule is Cc1[nH]c2ccccc2c1CC(=O)N1CCN(c2cnccn2)CC1. The Bertz CT molecular complexity index is 881. The van der Waals surface area contributed by atoms with E-state index in [9.17, 15) is 4.79 Å². The van der Waals surface area contributed by atoms with E-state index in [0.29, 0.717) is 6.42 Å². The monoisotopic (exact) mass is 335 g/mol. The Balaban J connectivity index is 1.43. The number of H-pyrrole nitrogens is 1. The molecule has 1 aliphatic heterocycles. The standard InChI is InChI=1S/C19H21N5O/c1-14-16(15-4-2-3-5-17(15)22-14)12-19(25)24-10-8-23(9-11-24)18-13-20-6-7-21-18/h2-7,13,22H,8-12H2,1H3.